The minimum absolute atomic E-state index is 0.163. The molecule has 2 atom stereocenters. The molecule has 0 bridgehead atoms. The van der Waals surface area contributed by atoms with Crippen molar-refractivity contribution in [3.05, 3.63) is 34.9 Å². The summed E-state index contributed by atoms with van der Waals surface area (Å²) in [5, 5.41) is 0.163. The van der Waals surface area contributed by atoms with Crippen LogP contribution < -0.4 is 0 Å². The van der Waals surface area contributed by atoms with Crippen molar-refractivity contribution in [3.8, 4) is 0 Å². The van der Waals surface area contributed by atoms with E-state index < -0.39 is 0 Å². The van der Waals surface area contributed by atoms with Gasteiger partial charge in [0.15, 0.2) is 5.25 Å². The molecule has 100 valence electrons. The second-order valence-electron chi connectivity index (χ2n) is 4.91. The highest BCUT2D eigenvalue weighted by molar-refractivity contribution is 7.98. The molecule has 0 aromatic heterocycles. The minimum Gasteiger partial charge on any atom is -0.289 e. The summed E-state index contributed by atoms with van der Waals surface area (Å²) >= 11 is 0. The van der Waals surface area contributed by atoms with E-state index >= 15 is 0 Å². The van der Waals surface area contributed by atoms with Crippen LogP contribution in [-0.4, -0.2) is 22.5 Å². The predicted octanol–water partition coefficient (Wildman–Crippen LogP) is 3.92. The van der Waals surface area contributed by atoms with Crippen LogP contribution in [0.1, 0.15) is 48.7 Å². The number of hydrogen-bond donors (Lipinski definition) is 0. The summed E-state index contributed by atoms with van der Waals surface area (Å²) < 4.78 is 0. The molecule has 0 saturated heterocycles. The molecule has 0 fully saturated rings. The van der Waals surface area contributed by atoms with Crippen molar-refractivity contribution in [2.45, 2.75) is 46.3 Å². The first-order chi connectivity index (χ1) is 8.49. The topological polar surface area (TPSA) is 17.1 Å². The normalized spacial score (nSPS) is 14.3. The van der Waals surface area contributed by atoms with Gasteiger partial charge in [-0.05, 0) is 57.1 Å². The summed E-state index contributed by atoms with van der Waals surface area (Å²) in [6.07, 6.45) is 1.17. The van der Waals surface area contributed by atoms with Gasteiger partial charge in [0.25, 0.3) is 0 Å². The van der Waals surface area contributed by atoms with Crippen LogP contribution in [-0.2, 0) is 10.9 Å². The fourth-order valence-corrected chi connectivity index (χ4v) is 4.44. The van der Waals surface area contributed by atoms with Crippen LogP contribution in [0.15, 0.2) is 18.2 Å². The maximum atomic E-state index is 12.5. The quantitative estimate of drug-likeness (QED) is 0.563. The standard InChI is InChI=1S/C16H25OS/c1-6-8-18(7-2)14(5)16(17)15-10-12(3)9-13(4)11-15/h9-11,14H,6-8H2,1-5H3/q+1. The predicted molar refractivity (Wildman–Crippen MR) is 82.8 cm³/mol. The molecule has 18 heavy (non-hydrogen) atoms. The SMILES string of the molecule is CCC[S+](CC)C(C)C(=O)c1cc(C)cc(C)c1. The minimum atomic E-state index is 0.163. The molecule has 0 saturated carbocycles. The van der Waals surface area contributed by atoms with E-state index in [0.29, 0.717) is 5.78 Å². The van der Waals surface area contributed by atoms with Crippen LogP contribution >= 0.6 is 0 Å². The third-order valence-corrected chi connectivity index (χ3v) is 6.10. The van der Waals surface area contributed by atoms with Gasteiger partial charge in [-0.1, -0.05) is 24.1 Å². The molecule has 0 aliphatic carbocycles. The van der Waals surface area contributed by atoms with Gasteiger partial charge in [0, 0.05) is 5.56 Å². The van der Waals surface area contributed by atoms with Gasteiger partial charge in [-0.15, -0.1) is 0 Å². The number of hydrogen-bond acceptors (Lipinski definition) is 1. The summed E-state index contributed by atoms with van der Waals surface area (Å²) in [6.45, 7) is 10.6. The average molecular weight is 265 g/mol. The monoisotopic (exact) mass is 265 g/mol. The zero-order chi connectivity index (χ0) is 13.7. The van der Waals surface area contributed by atoms with Crippen LogP contribution in [0.5, 0.6) is 0 Å². The van der Waals surface area contributed by atoms with Crippen molar-refractivity contribution in [1.82, 2.24) is 0 Å². The molecular weight excluding hydrogens is 240 g/mol. The van der Waals surface area contributed by atoms with Crippen LogP contribution in [0, 0.1) is 13.8 Å². The van der Waals surface area contributed by atoms with Gasteiger partial charge in [0.1, 0.15) is 11.5 Å². The van der Waals surface area contributed by atoms with Gasteiger partial charge in [-0.2, -0.15) is 0 Å². The lowest BCUT2D eigenvalue weighted by Crippen LogP contribution is -2.31. The lowest BCUT2D eigenvalue weighted by molar-refractivity contribution is 0.0993. The van der Waals surface area contributed by atoms with E-state index in [-0.39, 0.29) is 16.1 Å². The largest absolute Gasteiger partial charge is 0.289 e. The Bertz CT molecular complexity index is 391. The van der Waals surface area contributed by atoms with E-state index in [1.165, 1.54) is 23.3 Å². The van der Waals surface area contributed by atoms with Crippen LogP contribution in [0.25, 0.3) is 0 Å². The number of carbonyl (C=O) groups excluding carboxylic acids is 1. The molecule has 1 aromatic rings. The molecule has 0 spiro atoms. The van der Waals surface area contributed by atoms with E-state index in [9.17, 15) is 4.79 Å². The van der Waals surface area contributed by atoms with E-state index in [2.05, 4.69) is 40.7 Å². The second-order valence-corrected chi connectivity index (χ2v) is 7.68. The Morgan fingerprint density at radius 1 is 1.17 bits per heavy atom. The van der Waals surface area contributed by atoms with Crippen molar-refractivity contribution in [2.24, 2.45) is 0 Å². The lowest BCUT2D eigenvalue weighted by atomic mass is 10.0. The number of rotatable bonds is 6. The molecule has 1 aromatic carbocycles. The van der Waals surface area contributed by atoms with Crippen LogP contribution in [0.3, 0.4) is 0 Å². The van der Waals surface area contributed by atoms with Crippen molar-refractivity contribution >= 4 is 16.7 Å². The van der Waals surface area contributed by atoms with Gasteiger partial charge in [-0.3, -0.25) is 4.79 Å². The Morgan fingerprint density at radius 2 is 1.72 bits per heavy atom. The third kappa shape index (κ3) is 3.88. The van der Waals surface area contributed by atoms with Crippen molar-refractivity contribution in [3.63, 3.8) is 0 Å². The van der Waals surface area contributed by atoms with Gasteiger partial charge in [-0.25, -0.2) is 0 Å². The van der Waals surface area contributed by atoms with Crippen molar-refractivity contribution in [1.29, 1.82) is 0 Å². The maximum absolute atomic E-state index is 12.5. The fourth-order valence-electron chi connectivity index (χ4n) is 2.34. The summed E-state index contributed by atoms with van der Waals surface area (Å²) in [5.41, 5.74) is 3.25. The third-order valence-electron chi connectivity index (χ3n) is 3.21. The molecule has 2 unspecified atom stereocenters. The van der Waals surface area contributed by atoms with E-state index in [1.54, 1.807) is 0 Å². The number of ketones is 1. The molecule has 1 rings (SSSR count). The lowest BCUT2D eigenvalue weighted by Gasteiger charge is -2.13. The Morgan fingerprint density at radius 3 is 2.17 bits per heavy atom. The zero-order valence-corrected chi connectivity index (χ0v) is 13.1. The smallest absolute Gasteiger partial charge is 0.214 e. The van der Waals surface area contributed by atoms with E-state index in [1.807, 2.05) is 12.1 Å². The van der Waals surface area contributed by atoms with Crippen LogP contribution in [0.2, 0.25) is 0 Å². The molecule has 0 N–H and O–H groups in total. The first-order valence-electron chi connectivity index (χ1n) is 6.78. The Balaban J connectivity index is 2.91. The molecule has 0 radical (unpaired) electrons. The van der Waals surface area contributed by atoms with Crippen LogP contribution in [0.4, 0.5) is 0 Å². The molecular formula is C16H25OS+. The first-order valence-corrected chi connectivity index (χ1v) is 8.41. The van der Waals surface area contributed by atoms with Crippen molar-refractivity contribution < 1.29 is 4.79 Å². The van der Waals surface area contributed by atoms with Gasteiger partial charge >= 0.3 is 0 Å². The summed E-state index contributed by atoms with van der Waals surface area (Å²) in [6, 6.07) is 6.16. The summed E-state index contributed by atoms with van der Waals surface area (Å²) in [4.78, 5) is 12.5. The number of aryl methyl sites for hydroxylation is 2. The Labute approximate surface area is 114 Å². The number of carbonyl (C=O) groups is 1. The van der Waals surface area contributed by atoms with E-state index in [4.69, 9.17) is 0 Å². The number of Topliss-reactive ketones (excluding diaryl/α,β-unsaturated/α-hetero) is 1. The zero-order valence-electron chi connectivity index (χ0n) is 12.2. The summed E-state index contributed by atoms with van der Waals surface area (Å²) in [5.74, 6) is 2.61. The van der Waals surface area contributed by atoms with Crippen molar-refractivity contribution in [2.75, 3.05) is 11.5 Å². The highest BCUT2D eigenvalue weighted by Crippen LogP contribution is 2.17. The Hall–Kier alpha value is -0.760. The van der Waals surface area contributed by atoms with Gasteiger partial charge in [0.2, 0.25) is 5.78 Å². The summed E-state index contributed by atoms with van der Waals surface area (Å²) in [7, 11) is 0.230. The average Bonchev–Trinajstić information content (AvgIpc) is 2.33. The Kier molecular flexibility index (Phi) is 5.94. The molecule has 0 aliphatic heterocycles. The fraction of sp³-hybridized carbons (Fsp3) is 0.562. The number of benzene rings is 1. The maximum Gasteiger partial charge on any atom is 0.214 e. The van der Waals surface area contributed by atoms with Gasteiger partial charge in [0.05, 0.1) is 0 Å². The molecule has 0 amide bonds. The van der Waals surface area contributed by atoms with Gasteiger partial charge < -0.3 is 0 Å². The second kappa shape index (κ2) is 6.98. The van der Waals surface area contributed by atoms with E-state index in [0.717, 1.165) is 11.3 Å². The molecule has 0 heterocycles. The molecule has 0 aliphatic rings. The highest BCUT2D eigenvalue weighted by Gasteiger charge is 2.31. The highest BCUT2D eigenvalue weighted by atomic mass is 32.2. The molecule has 2 heteroatoms. The first kappa shape index (κ1) is 15.3. The molecule has 1 nitrogen and oxygen atoms in total.